The van der Waals surface area contributed by atoms with Crippen LogP contribution in [-0.4, -0.2) is 63.2 Å². The maximum atomic E-state index is 13.1. The van der Waals surface area contributed by atoms with Gasteiger partial charge in [0.1, 0.15) is 11.3 Å². The van der Waals surface area contributed by atoms with E-state index >= 15 is 0 Å². The number of thiophene rings is 1. The highest BCUT2D eigenvalue weighted by atomic mass is 32.1. The molecule has 1 atom stereocenters. The molecule has 1 N–H and O–H groups in total. The summed E-state index contributed by atoms with van der Waals surface area (Å²) in [5.74, 6) is -1.43. The van der Waals surface area contributed by atoms with Gasteiger partial charge in [-0.25, -0.2) is 4.98 Å². The van der Waals surface area contributed by atoms with E-state index in [4.69, 9.17) is 0 Å². The third-order valence-corrected chi connectivity index (χ3v) is 6.31. The van der Waals surface area contributed by atoms with Gasteiger partial charge in [0.25, 0.3) is 11.7 Å². The molecule has 0 aromatic carbocycles. The van der Waals surface area contributed by atoms with Crippen molar-refractivity contribution in [3.05, 3.63) is 63.2 Å². The van der Waals surface area contributed by atoms with Gasteiger partial charge in [0.15, 0.2) is 5.76 Å². The van der Waals surface area contributed by atoms with E-state index in [1.165, 1.54) is 11.3 Å². The fraction of sp³-hybridized carbons (Fsp3) is 0.318. The first-order valence-corrected chi connectivity index (χ1v) is 10.6. The molecule has 1 aliphatic heterocycles. The van der Waals surface area contributed by atoms with E-state index < -0.39 is 17.7 Å². The van der Waals surface area contributed by atoms with Crippen molar-refractivity contribution in [2.75, 3.05) is 27.2 Å². The Balaban J connectivity index is 1.92. The van der Waals surface area contributed by atoms with Crippen molar-refractivity contribution in [2.24, 2.45) is 0 Å². The van der Waals surface area contributed by atoms with Crippen LogP contribution in [0.4, 0.5) is 0 Å². The summed E-state index contributed by atoms with van der Waals surface area (Å²) in [5, 5.41) is 13.3. The summed E-state index contributed by atoms with van der Waals surface area (Å²) >= 11 is 1.46. The van der Waals surface area contributed by atoms with Crippen LogP contribution in [0.3, 0.4) is 0 Å². The maximum Gasteiger partial charge on any atom is 0.295 e. The first kappa shape index (κ1) is 20.3. The normalized spacial score (nSPS) is 18.8. The molecule has 1 fully saturated rings. The molecule has 3 aromatic rings. The van der Waals surface area contributed by atoms with E-state index in [0.29, 0.717) is 30.1 Å². The topological polar surface area (TPSA) is 78.1 Å². The van der Waals surface area contributed by atoms with Crippen LogP contribution in [-0.2, 0) is 9.59 Å². The number of nitrogens with zero attached hydrogens (tertiary/aromatic N) is 4. The number of Topliss-reactive ketones (excluding diaryl/α,β-unsaturated/α-hetero) is 1. The number of rotatable bonds is 5. The Bertz CT molecular complexity index is 1160. The van der Waals surface area contributed by atoms with E-state index in [2.05, 4.69) is 4.98 Å². The first-order valence-electron chi connectivity index (χ1n) is 9.72. The molecule has 7 nitrogen and oxygen atoms in total. The Morgan fingerprint density at radius 3 is 2.67 bits per heavy atom. The van der Waals surface area contributed by atoms with Gasteiger partial charge < -0.3 is 14.9 Å². The van der Waals surface area contributed by atoms with E-state index in [9.17, 15) is 14.7 Å². The number of imidazole rings is 1. The van der Waals surface area contributed by atoms with Crippen LogP contribution in [0.1, 0.15) is 27.9 Å². The minimum absolute atomic E-state index is 0.118. The summed E-state index contributed by atoms with van der Waals surface area (Å²) in [4.78, 5) is 34.9. The van der Waals surface area contributed by atoms with Crippen LogP contribution < -0.4 is 0 Å². The predicted octanol–water partition coefficient (Wildman–Crippen LogP) is 3.00. The monoisotopic (exact) mass is 424 g/mol. The average Bonchev–Trinajstić information content (AvgIpc) is 3.38. The Labute approximate surface area is 178 Å². The van der Waals surface area contributed by atoms with Gasteiger partial charge in [-0.15, -0.1) is 11.3 Å². The molecule has 1 aliphatic rings. The SMILES string of the molecule is Cc1nc2c(C)cccn2c1/C(O)=C1/C(=O)C(=O)N(CCN(C)C)C1c1cccs1. The average molecular weight is 425 g/mol. The summed E-state index contributed by atoms with van der Waals surface area (Å²) in [6.07, 6.45) is 1.81. The summed E-state index contributed by atoms with van der Waals surface area (Å²) in [6, 6.07) is 6.97. The van der Waals surface area contributed by atoms with Crippen molar-refractivity contribution in [2.45, 2.75) is 19.9 Å². The summed E-state index contributed by atoms with van der Waals surface area (Å²) < 4.78 is 1.78. The molecule has 0 radical (unpaired) electrons. The fourth-order valence-electron chi connectivity index (χ4n) is 3.89. The molecular formula is C22H24N4O3S. The molecular weight excluding hydrogens is 400 g/mol. The zero-order valence-electron chi connectivity index (χ0n) is 17.4. The number of aromatic nitrogens is 2. The lowest BCUT2D eigenvalue weighted by Gasteiger charge is -2.25. The van der Waals surface area contributed by atoms with E-state index in [1.54, 1.807) is 22.4 Å². The van der Waals surface area contributed by atoms with Crippen molar-refractivity contribution in [3.63, 3.8) is 0 Å². The second-order valence-corrected chi connectivity index (χ2v) is 8.72. The number of fused-ring (bicyclic) bond motifs is 1. The van der Waals surface area contributed by atoms with Crippen LogP contribution in [0.2, 0.25) is 0 Å². The molecule has 30 heavy (non-hydrogen) atoms. The van der Waals surface area contributed by atoms with Crippen LogP contribution in [0.25, 0.3) is 11.4 Å². The Kier molecular flexibility index (Phi) is 5.21. The lowest BCUT2D eigenvalue weighted by Crippen LogP contribution is -2.35. The van der Waals surface area contributed by atoms with Crippen molar-refractivity contribution >= 4 is 34.4 Å². The van der Waals surface area contributed by atoms with Gasteiger partial charge in [0.2, 0.25) is 0 Å². The Morgan fingerprint density at radius 1 is 1.23 bits per heavy atom. The zero-order valence-corrected chi connectivity index (χ0v) is 18.2. The number of carbonyl (C=O) groups excluding carboxylic acids is 2. The Hall–Kier alpha value is -2.97. The van der Waals surface area contributed by atoms with Crippen LogP contribution >= 0.6 is 11.3 Å². The molecule has 0 aliphatic carbocycles. The number of aliphatic hydroxyl groups is 1. The van der Waals surface area contributed by atoms with Gasteiger partial charge in [0, 0.05) is 24.2 Å². The standard InChI is InChI=1S/C22H24N4O3S/c1-13-7-5-9-25-17(14(2)23-21(13)25)19(27)16-18(15-8-6-12-30-15)26(11-10-24(3)4)22(29)20(16)28/h5-9,12,18,27H,10-11H2,1-4H3/b19-16-. The van der Waals surface area contributed by atoms with E-state index in [-0.39, 0.29) is 11.3 Å². The molecule has 8 heteroatoms. The molecule has 4 heterocycles. The number of likely N-dealkylation sites (tertiary alicyclic amines) is 1. The molecule has 0 saturated carbocycles. The van der Waals surface area contributed by atoms with E-state index in [1.807, 2.05) is 55.6 Å². The van der Waals surface area contributed by atoms with Gasteiger partial charge in [-0.05, 0) is 51.0 Å². The molecule has 3 aromatic heterocycles. The van der Waals surface area contributed by atoms with Gasteiger partial charge in [-0.2, -0.15) is 0 Å². The smallest absolute Gasteiger partial charge is 0.295 e. The third-order valence-electron chi connectivity index (χ3n) is 5.38. The largest absolute Gasteiger partial charge is 0.505 e. The number of aliphatic hydroxyl groups excluding tert-OH is 1. The number of carbonyl (C=O) groups is 2. The zero-order chi connectivity index (χ0) is 21.6. The van der Waals surface area contributed by atoms with Crippen LogP contribution in [0, 0.1) is 13.8 Å². The summed E-state index contributed by atoms with van der Waals surface area (Å²) in [7, 11) is 3.84. The first-order chi connectivity index (χ1) is 14.3. The number of aryl methyl sites for hydroxylation is 2. The summed E-state index contributed by atoms with van der Waals surface area (Å²) in [5.41, 5.74) is 2.84. The molecule has 1 unspecified atom stereocenters. The van der Waals surface area contributed by atoms with E-state index in [0.717, 1.165) is 10.4 Å². The van der Waals surface area contributed by atoms with Gasteiger partial charge in [-0.3, -0.25) is 14.0 Å². The van der Waals surface area contributed by atoms with Crippen molar-refractivity contribution in [1.29, 1.82) is 0 Å². The number of likely N-dealkylation sites (N-methyl/N-ethyl adjacent to an activating group) is 1. The maximum absolute atomic E-state index is 13.1. The number of pyridine rings is 1. The molecule has 1 saturated heterocycles. The summed E-state index contributed by atoms with van der Waals surface area (Å²) in [6.45, 7) is 4.74. The predicted molar refractivity (Wildman–Crippen MR) is 117 cm³/mol. The highest BCUT2D eigenvalue weighted by molar-refractivity contribution is 7.10. The van der Waals surface area contributed by atoms with Gasteiger partial charge in [-0.1, -0.05) is 12.1 Å². The lowest BCUT2D eigenvalue weighted by atomic mass is 10.0. The molecule has 0 bridgehead atoms. The second-order valence-electron chi connectivity index (χ2n) is 7.74. The molecule has 0 spiro atoms. The molecule has 1 amide bonds. The minimum Gasteiger partial charge on any atom is -0.505 e. The van der Waals surface area contributed by atoms with Crippen molar-refractivity contribution < 1.29 is 14.7 Å². The highest BCUT2D eigenvalue weighted by Gasteiger charge is 2.46. The molecule has 156 valence electrons. The molecule has 4 rings (SSSR count). The van der Waals surface area contributed by atoms with Crippen LogP contribution in [0.15, 0.2) is 41.4 Å². The Morgan fingerprint density at radius 2 is 2.00 bits per heavy atom. The third kappa shape index (κ3) is 3.22. The quantitative estimate of drug-likeness (QED) is 0.387. The minimum atomic E-state index is -0.661. The number of hydrogen-bond acceptors (Lipinski definition) is 6. The number of ketones is 1. The number of amides is 1. The number of hydrogen-bond donors (Lipinski definition) is 1. The fourth-order valence-corrected chi connectivity index (χ4v) is 4.74. The van der Waals surface area contributed by atoms with Gasteiger partial charge in [0.05, 0.1) is 17.3 Å². The van der Waals surface area contributed by atoms with Gasteiger partial charge >= 0.3 is 0 Å². The van der Waals surface area contributed by atoms with Crippen molar-refractivity contribution in [1.82, 2.24) is 19.2 Å². The lowest BCUT2D eigenvalue weighted by molar-refractivity contribution is -0.140. The van der Waals surface area contributed by atoms with Crippen molar-refractivity contribution in [3.8, 4) is 0 Å². The van der Waals surface area contributed by atoms with Crippen LogP contribution in [0.5, 0.6) is 0 Å². The second kappa shape index (κ2) is 7.70. The highest BCUT2D eigenvalue weighted by Crippen LogP contribution is 2.41.